The number of aliphatic hydroxyl groups is 1. The number of hydrogen-bond donors (Lipinski definition) is 1. The lowest BCUT2D eigenvalue weighted by atomic mass is 9.72. The lowest BCUT2D eigenvalue weighted by Gasteiger charge is -2.37. The van der Waals surface area contributed by atoms with Gasteiger partial charge in [-0.15, -0.1) is 0 Å². The lowest BCUT2D eigenvalue weighted by Crippen LogP contribution is -2.34. The molecule has 3 nitrogen and oxygen atoms in total. The van der Waals surface area contributed by atoms with Crippen molar-refractivity contribution in [2.75, 3.05) is 14.2 Å². The number of allylic oxidation sites excluding steroid dienone is 1. The number of ether oxygens (including phenoxy) is 2. The molecule has 0 heterocycles. The first-order valence-corrected chi connectivity index (χ1v) is 7.44. The normalized spacial score (nSPS) is 25.2. The molecular weight excluding hydrogens is 240 g/mol. The number of methoxy groups -OCH3 is 2. The summed E-state index contributed by atoms with van der Waals surface area (Å²) in [5.74, 6) is 0. The summed E-state index contributed by atoms with van der Waals surface area (Å²) >= 11 is 0. The number of hydrogen-bond acceptors (Lipinski definition) is 3. The summed E-state index contributed by atoms with van der Waals surface area (Å²) in [7, 11) is 3.35. The van der Waals surface area contributed by atoms with Gasteiger partial charge in [-0.2, -0.15) is 0 Å². The first-order chi connectivity index (χ1) is 9.01. The van der Waals surface area contributed by atoms with E-state index in [1.807, 2.05) is 0 Å². The van der Waals surface area contributed by atoms with E-state index in [9.17, 15) is 5.11 Å². The van der Waals surface area contributed by atoms with Crippen molar-refractivity contribution < 1.29 is 14.6 Å². The molecule has 1 unspecified atom stereocenters. The zero-order chi connectivity index (χ0) is 14.3. The highest BCUT2D eigenvalue weighted by Gasteiger charge is 2.33. The van der Waals surface area contributed by atoms with Crippen LogP contribution in [0.5, 0.6) is 0 Å². The van der Waals surface area contributed by atoms with E-state index in [-0.39, 0.29) is 17.8 Å². The first kappa shape index (κ1) is 16.7. The summed E-state index contributed by atoms with van der Waals surface area (Å²) in [5.41, 5.74) is 1.28. The zero-order valence-corrected chi connectivity index (χ0v) is 12.9. The van der Waals surface area contributed by atoms with Crippen LogP contribution in [-0.4, -0.2) is 31.7 Å². The van der Waals surface area contributed by atoms with Crippen molar-refractivity contribution in [3.63, 3.8) is 0 Å². The van der Waals surface area contributed by atoms with Gasteiger partial charge in [0.2, 0.25) is 0 Å². The maximum absolute atomic E-state index is 10.3. The molecule has 0 aromatic heterocycles. The molecule has 0 aromatic carbocycles. The van der Waals surface area contributed by atoms with Gasteiger partial charge in [0.25, 0.3) is 0 Å². The Morgan fingerprint density at radius 2 is 2.00 bits per heavy atom. The van der Waals surface area contributed by atoms with E-state index >= 15 is 0 Å². The molecule has 0 radical (unpaired) electrons. The fourth-order valence-corrected chi connectivity index (χ4v) is 2.81. The maximum atomic E-state index is 10.3. The molecule has 0 spiro atoms. The number of aliphatic hydroxyl groups excluding tert-OH is 1. The Labute approximate surface area is 118 Å². The minimum atomic E-state index is -0.257. The van der Waals surface area contributed by atoms with Crippen LogP contribution < -0.4 is 0 Å². The highest BCUT2D eigenvalue weighted by atomic mass is 16.7. The molecule has 0 aromatic rings. The summed E-state index contributed by atoms with van der Waals surface area (Å²) < 4.78 is 10.3. The molecule has 0 bridgehead atoms. The first-order valence-electron chi connectivity index (χ1n) is 7.44. The Morgan fingerprint density at radius 3 is 2.63 bits per heavy atom. The topological polar surface area (TPSA) is 38.7 Å². The van der Waals surface area contributed by atoms with Crippen LogP contribution in [0.2, 0.25) is 0 Å². The van der Waals surface area contributed by atoms with Crippen LogP contribution in [-0.2, 0) is 9.47 Å². The van der Waals surface area contributed by atoms with Crippen molar-refractivity contribution in [1.29, 1.82) is 0 Å². The Hall–Kier alpha value is -0.380. The van der Waals surface area contributed by atoms with E-state index < -0.39 is 0 Å². The summed E-state index contributed by atoms with van der Waals surface area (Å²) in [4.78, 5) is 0. The van der Waals surface area contributed by atoms with Gasteiger partial charge < -0.3 is 14.6 Å². The molecule has 1 saturated carbocycles. The van der Waals surface area contributed by atoms with Crippen LogP contribution in [0.1, 0.15) is 58.8 Å². The van der Waals surface area contributed by atoms with E-state index in [1.165, 1.54) is 12.0 Å². The number of rotatable bonds is 7. The molecule has 0 saturated heterocycles. The van der Waals surface area contributed by atoms with E-state index in [4.69, 9.17) is 9.47 Å². The average Bonchev–Trinajstić information content (AvgIpc) is 2.38. The van der Waals surface area contributed by atoms with E-state index in [1.54, 1.807) is 14.2 Å². The SMILES string of the molecule is COC(CCCC/C=C1/CCCC(C)(C)C1O)OC. The van der Waals surface area contributed by atoms with Gasteiger partial charge in [-0.1, -0.05) is 19.9 Å². The van der Waals surface area contributed by atoms with Crippen molar-refractivity contribution in [2.45, 2.75) is 71.2 Å². The van der Waals surface area contributed by atoms with Gasteiger partial charge in [-0.05, 0) is 55.9 Å². The van der Waals surface area contributed by atoms with Gasteiger partial charge >= 0.3 is 0 Å². The smallest absolute Gasteiger partial charge is 0.156 e. The van der Waals surface area contributed by atoms with Crippen LogP contribution >= 0.6 is 0 Å². The zero-order valence-electron chi connectivity index (χ0n) is 12.9. The van der Waals surface area contributed by atoms with E-state index in [2.05, 4.69) is 19.9 Å². The summed E-state index contributed by atoms with van der Waals surface area (Å²) in [5, 5.41) is 10.3. The van der Waals surface area contributed by atoms with Crippen molar-refractivity contribution in [3.05, 3.63) is 11.6 Å². The molecule has 1 N–H and O–H groups in total. The fraction of sp³-hybridized carbons (Fsp3) is 0.875. The largest absolute Gasteiger partial charge is 0.388 e. The third-order valence-electron chi connectivity index (χ3n) is 4.20. The van der Waals surface area contributed by atoms with E-state index in [0.29, 0.717) is 0 Å². The molecule has 0 aliphatic heterocycles. The fourth-order valence-electron chi connectivity index (χ4n) is 2.81. The van der Waals surface area contributed by atoms with E-state index in [0.717, 1.165) is 38.5 Å². The minimum Gasteiger partial charge on any atom is -0.388 e. The summed E-state index contributed by atoms with van der Waals surface area (Å²) in [6.07, 6.45) is 9.49. The second kappa shape index (κ2) is 8.03. The third kappa shape index (κ3) is 5.25. The Morgan fingerprint density at radius 1 is 1.32 bits per heavy atom. The highest BCUT2D eigenvalue weighted by Crippen LogP contribution is 2.38. The molecule has 1 fully saturated rings. The lowest BCUT2D eigenvalue weighted by molar-refractivity contribution is -0.107. The summed E-state index contributed by atoms with van der Waals surface area (Å²) in [6, 6.07) is 0. The molecular formula is C16H30O3. The quantitative estimate of drug-likeness (QED) is 0.436. The maximum Gasteiger partial charge on any atom is 0.156 e. The van der Waals surface area contributed by atoms with Gasteiger partial charge in [0.1, 0.15) is 0 Å². The Balaban J connectivity index is 2.28. The van der Waals surface area contributed by atoms with Crippen molar-refractivity contribution in [3.8, 4) is 0 Å². The molecule has 112 valence electrons. The van der Waals surface area contributed by atoms with Crippen molar-refractivity contribution in [1.82, 2.24) is 0 Å². The van der Waals surface area contributed by atoms with Gasteiger partial charge in [0.15, 0.2) is 6.29 Å². The Kier molecular flexibility index (Phi) is 7.05. The molecule has 19 heavy (non-hydrogen) atoms. The van der Waals surface area contributed by atoms with Crippen molar-refractivity contribution in [2.24, 2.45) is 5.41 Å². The van der Waals surface area contributed by atoms with Crippen LogP contribution in [0, 0.1) is 5.41 Å². The van der Waals surface area contributed by atoms with Gasteiger partial charge in [-0.25, -0.2) is 0 Å². The molecule has 1 aliphatic rings. The molecule has 1 aliphatic carbocycles. The molecule has 1 rings (SSSR count). The standard InChI is InChI=1S/C16H30O3/c1-16(2)12-8-10-13(15(16)17)9-6-5-7-11-14(18-3)19-4/h9,14-15,17H,5-8,10-12H2,1-4H3/b13-9-. The minimum absolute atomic E-state index is 0.0429. The number of unbranched alkanes of at least 4 members (excludes halogenated alkanes) is 2. The van der Waals surface area contributed by atoms with Crippen LogP contribution in [0.25, 0.3) is 0 Å². The van der Waals surface area contributed by atoms with Gasteiger partial charge in [0.05, 0.1) is 6.10 Å². The molecule has 1 atom stereocenters. The monoisotopic (exact) mass is 270 g/mol. The second-order valence-electron chi connectivity index (χ2n) is 6.21. The van der Waals surface area contributed by atoms with Crippen LogP contribution in [0.4, 0.5) is 0 Å². The molecule has 3 heteroatoms. The predicted molar refractivity (Wildman–Crippen MR) is 78.0 cm³/mol. The Bertz CT molecular complexity index is 280. The third-order valence-corrected chi connectivity index (χ3v) is 4.20. The van der Waals surface area contributed by atoms with Crippen molar-refractivity contribution >= 4 is 0 Å². The predicted octanol–water partition coefficient (Wildman–Crippen LogP) is 3.66. The average molecular weight is 270 g/mol. The molecule has 0 amide bonds. The van der Waals surface area contributed by atoms with Crippen LogP contribution in [0.15, 0.2) is 11.6 Å². The highest BCUT2D eigenvalue weighted by molar-refractivity contribution is 5.14. The van der Waals surface area contributed by atoms with Crippen LogP contribution in [0.3, 0.4) is 0 Å². The second-order valence-corrected chi connectivity index (χ2v) is 6.21. The van der Waals surface area contributed by atoms with Gasteiger partial charge in [-0.3, -0.25) is 0 Å². The summed E-state index contributed by atoms with van der Waals surface area (Å²) in [6.45, 7) is 4.32. The van der Waals surface area contributed by atoms with Gasteiger partial charge in [0, 0.05) is 14.2 Å².